The molecule has 500 valence electrons. The minimum absolute atomic E-state index is 0.0127. The van der Waals surface area contributed by atoms with Gasteiger partial charge in [0.15, 0.2) is 0 Å². The molecule has 22 aromatic carbocycles. The molecule has 107 heavy (non-hydrogen) atoms. The smallest absolute Gasteiger partial charge is 0.0573 e. The summed E-state index contributed by atoms with van der Waals surface area (Å²) in [4.78, 5) is 0. The first kappa shape index (κ1) is 61.7. The second-order valence-electron chi connectivity index (χ2n) is 31.4. The van der Waals surface area contributed by atoms with Gasteiger partial charge in [0.2, 0.25) is 0 Å². The van der Waals surface area contributed by atoms with E-state index in [4.69, 9.17) is 0 Å². The maximum atomic E-state index is 2.54. The van der Waals surface area contributed by atoms with E-state index in [0.29, 0.717) is 0 Å². The summed E-state index contributed by atoms with van der Waals surface area (Å²) in [6, 6.07) is 140. The van der Waals surface area contributed by atoms with Gasteiger partial charge in [-0.1, -0.05) is 384 Å². The van der Waals surface area contributed by atoms with Gasteiger partial charge >= 0.3 is 0 Å². The van der Waals surface area contributed by atoms with Crippen LogP contribution in [0.3, 0.4) is 0 Å². The summed E-state index contributed by atoms with van der Waals surface area (Å²) in [5.41, 5.74) is 20.6. The molecule has 0 aromatic heterocycles. The van der Waals surface area contributed by atoms with E-state index in [1.54, 1.807) is 0 Å². The van der Waals surface area contributed by atoms with Crippen LogP contribution in [0.15, 0.2) is 364 Å². The highest BCUT2D eigenvalue weighted by Crippen LogP contribution is 2.48. The molecule has 0 heterocycles. The molecular weight excluding hydrogens is 1300 g/mol. The van der Waals surface area contributed by atoms with Crippen LogP contribution in [-0.4, -0.2) is 8.07 Å². The molecule has 22 aromatic rings. The number of hydrogen-bond acceptors (Lipinski definition) is 0. The Morgan fingerprint density at radius 3 is 0.533 bits per heavy atom. The van der Waals surface area contributed by atoms with Crippen molar-refractivity contribution in [3.63, 3.8) is 0 Å². The van der Waals surface area contributed by atoms with Gasteiger partial charge in [-0.2, -0.15) is 0 Å². The molecule has 0 aliphatic heterocycles. The van der Waals surface area contributed by atoms with Crippen molar-refractivity contribution in [2.24, 2.45) is 0 Å². The molecule has 0 spiro atoms. The fourth-order valence-electron chi connectivity index (χ4n) is 19.5. The number of rotatable bonds is 13. The fourth-order valence-corrected chi connectivity index (χ4v) is 21.9. The molecule has 0 aliphatic carbocycles. The maximum Gasteiger partial charge on any atom is 0.0573 e. The zero-order chi connectivity index (χ0) is 70.8. The third-order valence-corrected chi connectivity index (χ3v) is 26.8. The topological polar surface area (TPSA) is 0 Å². The van der Waals surface area contributed by atoms with E-state index >= 15 is 0 Å². The third kappa shape index (κ3) is 9.81. The van der Waals surface area contributed by atoms with Gasteiger partial charge < -0.3 is 0 Å². The van der Waals surface area contributed by atoms with Gasteiger partial charge in [0, 0.05) is 17.4 Å². The van der Waals surface area contributed by atoms with E-state index in [1.807, 2.05) is 0 Å². The lowest BCUT2D eigenvalue weighted by atomic mass is 9.82. The highest BCUT2D eigenvalue weighted by atomic mass is 28.3. The molecule has 0 fully saturated rings. The van der Waals surface area contributed by atoms with Crippen molar-refractivity contribution in [2.45, 2.75) is 37.0 Å². The average molecular weight is 1370 g/mol. The first-order valence-corrected chi connectivity index (χ1v) is 41.5. The first-order valence-electron chi connectivity index (χ1n) is 37.9. The summed E-state index contributed by atoms with van der Waals surface area (Å²) in [6.07, 6.45) is 0. The van der Waals surface area contributed by atoms with Crippen LogP contribution in [0.1, 0.15) is 61.9 Å². The van der Waals surface area contributed by atoms with Crippen molar-refractivity contribution in [3.05, 3.63) is 408 Å². The van der Waals surface area contributed by atoms with E-state index in [1.165, 1.54) is 218 Å². The predicted molar refractivity (Wildman–Crippen MR) is 462 cm³/mol. The molecule has 0 atom stereocenters. The van der Waals surface area contributed by atoms with Gasteiger partial charge in [0.1, 0.15) is 0 Å². The zero-order valence-electron chi connectivity index (χ0n) is 59.9. The van der Waals surface area contributed by atoms with Crippen LogP contribution in [0, 0.1) is 0 Å². The zero-order valence-corrected chi connectivity index (χ0v) is 60.9. The lowest BCUT2D eigenvalue weighted by Gasteiger charge is -2.31. The highest BCUT2D eigenvalue weighted by Gasteiger charge is 2.32. The lowest BCUT2D eigenvalue weighted by molar-refractivity contribution is 0.964. The quantitative estimate of drug-likeness (QED) is 0.0613. The van der Waals surface area contributed by atoms with Crippen LogP contribution in [0.5, 0.6) is 0 Å². The summed E-state index contributed by atoms with van der Waals surface area (Å²) >= 11 is 0. The van der Waals surface area contributed by atoms with Gasteiger partial charge in [-0.15, -0.1) is 0 Å². The molecule has 0 aliphatic rings. The minimum atomic E-state index is -1.94. The van der Waals surface area contributed by atoms with Gasteiger partial charge in [-0.25, -0.2) is 0 Å². The standard InChI is InChI=1S/C106H72Si/c1-107(2,3)106(86-44-40-80(41-45-86)96(76-24-16-64(17-25-76)88-56-48-82-36-32-68-8-4-12-72-52-60-92(88)102(82)98(68)72)77-26-18-65(19-27-77)89-57-49-83-37-33-69-9-5-13-73-53-61-93(89)103(83)99(69)73)87-46-42-81(43-47-87)97(78-28-20-66(21-29-78)90-58-50-84-38-34-70-10-6-14-74-54-62-94(90)104(84)100(70)74)79-30-22-67(23-31-79)91-59-51-85-39-35-71-11-7-15-75-55-63-95(91)105(85)101(71)75/h4-63,96-97,106H,1-3H3. The van der Waals surface area contributed by atoms with Gasteiger partial charge in [0.25, 0.3) is 0 Å². The van der Waals surface area contributed by atoms with Gasteiger partial charge in [-0.05, 0) is 218 Å². The Hall–Kier alpha value is -12.8. The van der Waals surface area contributed by atoms with E-state index in [2.05, 4.69) is 384 Å². The molecule has 22 rings (SSSR count). The van der Waals surface area contributed by atoms with Crippen molar-refractivity contribution in [2.75, 3.05) is 0 Å². The molecule has 0 bridgehead atoms. The van der Waals surface area contributed by atoms with Crippen LogP contribution in [0.2, 0.25) is 19.6 Å². The monoisotopic (exact) mass is 1370 g/mol. The Bertz CT molecular complexity index is 6350. The minimum Gasteiger partial charge on any atom is -0.0688 e. The SMILES string of the molecule is C[Si](C)(C)C(c1ccc(C(c2ccc(-c3ccc4ccc5cccc6ccc3c4c56)cc2)c2ccc(-c3ccc4ccc5cccc6ccc3c4c56)cc2)cc1)c1ccc(C(c2ccc(-c3ccc4ccc5cccc6ccc3c4c56)cc2)c2ccc(-c3ccc4ccc5cccc6ccc3c4c56)cc2)cc1. The summed E-state index contributed by atoms with van der Waals surface area (Å²) in [7, 11) is -1.94. The van der Waals surface area contributed by atoms with Crippen LogP contribution in [0.25, 0.3) is 174 Å². The molecule has 0 N–H and O–H groups in total. The van der Waals surface area contributed by atoms with Gasteiger partial charge in [0.05, 0.1) is 8.07 Å². The normalized spacial score (nSPS) is 12.5. The van der Waals surface area contributed by atoms with E-state index in [-0.39, 0.29) is 17.4 Å². The van der Waals surface area contributed by atoms with E-state index < -0.39 is 8.07 Å². The second-order valence-corrected chi connectivity index (χ2v) is 36.7. The van der Waals surface area contributed by atoms with Gasteiger partial charge in [-0.3, -0.25) is 0 Å². The molecule has 0 saturated carbocycles. The molecule has 1 heteroatoms. The van der Waals surface area contributed by atoms with E-state index in [9.17, 15) is 0 Å². The second kappa shape index (κ2) is 23.9. The van der Waals surface area contributed by atoms with Crippen LogP contribution < -0.4 is 0 Å². The van der Waals surface area contributed by atoms with Crippen molar-refractivity contribution in [1.29, 1.82) is 0 Å². The number of hydrogen-bond donors (Lipinski definition) is 0. The Morgan fingerprint density at radius 1 is 0.159 bits per heavy atom. The molecule has 0 amide bonds. The average Bonchev–Trinajstić information content (AvgIpc) is 0.746. The Kier molecular flexibility index (Phi) is 13.8. The Labute approximate surface area is 623 Å². The molecular formula is C106H72Si. The molecule has 0 radical (unpaired) electrons. The van der Waals surface area contributed by atoms with Crippen LogP contribution in [-0.2, 0) is 0 Å². The summed E-state index contributed by atoms with van der Waals surface area (Å²) in [6.45, 7) is 7.63. The molecule has 0 nitrogen and oxygen atoms in total. The Balaban J connectivity index is 0.626. The number of benzene rings is 22. The van der Waals surface area contributed by atoms with Crippen molar-refractivity contribution < 1.29 is 0 Å². The van der Waals surface area contributed by atoms with Crippen LogP contribution >= 0.6 is 0 Å². The predicted octanol–water partition coefficient (Wildman–Crippen LogP) is 29.3. The van der Waals surface area contributed by atoms with Crippen molar-refractivity contribution in [3.8, 4) is 44.5 Å². The fraction of sp³-hybridized carbons (Fsp3) is 0.0566. The Morgan fingerprint density at radius 2 is 0.327 bits per heavy atom. The molecule has 0 unspecified atom stereocenters. The van der Waals surface area contributed by atoms with E-state index in [0.717, 1.165) is 0 Å². The molecule has 0 saturated heterocycles. The maximum absolute atomic E-state index is 2.54. The van der Waals surface area contributed by atoms with Crippen molar-refractivity contribution in [1.82, 2.24) is 0 Å². The third-order valence-electron chi connectivity index (χ3n) is 24.4. The summed E-state index contributed by atoms with van der Waals surface area (Å²) in [5.74, 6) is -0.0255. The van der Waals surface area contributed by atoms with Crippen LogP contribution in [0.4, 0.5) is 0 Å². The summed E-state index contributed by atoms with van der Waals surface area (Å²) in [5, 5.41) is 31.4. The lowest BCUT2D eigenvalue weighted by Crippen LogP contribution is -2.32. The summed E-state index contributed by atoms with van der Waals surface area (Å²) < 4.78 is 0. The first-order chi connectivity index (χ1) is 52.7. The largest absolute Gasteiger partial charge is 0.0688 e. The highest BCUT2D eigenvalue weighted by molar-refractivity contribution is 6.78. The van der Waals surface area contributed by atoms with Crippen molar-refractivity contribution >= 4 is 137 Å².